The van der Waals surface area contributed by atoms with Crippen LogP contribution in [0.25, 0.3) is 0 Å². The predicted octanol–water partition coefficient (Wildman–Crippen LogP) is 3.99. The lowest BCUT2D eigenvalue weighted by atomic mass is 9.81. The summed E-state index contributed by atoms with van der Waals surface area (Å²) < 4.78 is 26.3. The molecule has 1 N–H and O–H groups in total. The van der Waals surface area contributed by atoms with Crippen molar-refractivity contribution >= 4 is 5.91 Å². The lowest BCUT2D eigenvalue weighted by Crippen LogP contribution is -2.32. The first-order valence-electron chi connectivity index (χ1n) is 7.65. The van der Waals surface area contributed by atoms with Gasteiger partial charge in [-0.05, 0) is 29.0 Å². The van der Waals surface area contributed by atoms with E-state index in [9.17, 15) is 13.6 Å². The van der Waals surface area contributed by atoms with Gasteiger partial charge < -0.3 is 5.32 Å². The van der Waals surface area contributed by atoms with Crippen molar-refractivity contribution in [2.45, 2.75) is 32.1 Å². The second kappa shape index (κ2) is 7.36. The molecule has 0 bridgehead atoms. The number of amides is 1. The van der Waals surface area contributed by atoms with Gasteiger partial charge in [0.15, 0.2) is 0 Å². The summed E-state index contributed by atoms with van der Waals surface area (Å²) in [7, 11) is 0. The highest BCUT2D eigenvalue weighted by Gasteiger charge is 2.23. The summed E-state index contributed by atoms with van der Waals surface area (Å²) in [4.78, 5) is 12.1. The number of benzene rings is 2. The predicted molar refractivity (Wildman–Crippen MR) is 87.2 cm³/mol. The van der Waals surface area contributed by atoms with E-state index in [-0.39, 0.29) is 11.3 Å². The Hall–Kier alpha value is -2.23. The molecule has 0 radical (unpaired) electrons. The van der Waals surface area contributed by atoms with Gasteiger partial charge in [0.05, 0.1) is 0 Å². The normalized spacial score (nSPS) is 11.3. The molecule has 2 aromatic carbocycles. The third kappa shape index (κ3) is 4.88. The zero-order valence-corrected chi connectivity index (χ0v) is 13.4. The van der Waals surface area contributed by atoms with Gasteiger partial charge in [0.2, 0.25) is 5.91 Å². The van der Waals surface area contributed by atoms with Crippen molar-refractivity contribution in [3.63, 3.8) is 0 Å². The zero-order valence-electron chi connectivity index (χ0n) is 13.4. The fourth-order valence-corrected chi connectivity index (χ4v) is 2.52. The van der Waals surface area contributed by atoms with Crippen LogP contribution in [-0.2, 0) is 16.6 Å². The van der Waals surface area contributed by atoms with Crippen LogP contribution < -0.4 is 5.32 Å². The van der Waals surface area contributed by atoms with Crippen LogP contribution >= 0.6 is 0 Å². The molecular formula is C19H21F2NO. The second-order valence-corrected chi connectivity index (χ2v) is 6.26. The summed E-state index contributed by atoms with van der Waals surface area (Å²) in [6.07, 6.45) is 0.687. The van der Waals surface area contributed by atoms with E-state index in [1.807, 2.05) is 44.2 Å². The molecule has 0 aliphatic rings. The van der Waals surface area contributed by atoms with Crippen molar-refractivity contribution in [2.24, 2.45) is 0 Å². The maximum atomic E-state index is 13.5. The zero-order chi connectivity index (χ0) is 16.9. The minimum Gasteiger partial charge on any atom is -0.356 e. The Balaban J connectivity index is 1.85. The molecule has 0 atom stereocenters. The van der Waals surface area contributed by atoms with Crippen LogP contribution in [0.4, 0.5) is 8.78 Å². The van der Waals surface area contributed by atoms with Crippen LogP contribution in [0.3, 0.4) is 0 Å². The van der Waals surface area contributed by atoms with Crippen LogP contribution in [0.5, 0.6) is 0 Å². The van der Waals surface area contributed by atoms with Crippen LogP contribution in [0.1, 0.15) is 31.4 Å². The first-order valence-corrected chi connectivity index (χ1v) is 7.65. The number of halogens is 2. The van der Waals surface area contributed by atoms with Crippen molar-refractivity contribution in [3.8, 4) is 0 Å². The SMILES string of the molecule is CC(C)(CC(=O)NCCc1ccc(F)cc1F)c1ccccc1. The number of rotatable bonds is 6. The van der Waals surface area contributed by atoms with Gasteiger partial charge in [0.25, 0.3) is 0 Å². The van der Waals surface area contributed by atoms with Crippen LogP contribution in [-0.4, -0.2) is 12.5 Å². The van der Waals surface area contributed by atoms with Gasteiger partial charge in [-0.2, -0.15) is 0 Å². The minimum absolute atomic E-state index is 0.0821. The van der Waals surface area contributed by atoms with Gasteiger partial charge in [0, 0.05) is 19.0 Å². The van der Waals surface area contributed by atoms with E-state index < -0.39 is 11.6 Å². The first-order chi connectivity index (χ1) is 10.9. The molecule has 0 spiro atoms. The van der Waals surface area contributed by atoms with Gasteiger partial charge in [-0.1, -0.05) is 50.2 Å². The molecule has 0 fully saturated rings. The Labute approximate surface area is 135 Å². The van der Waals surface area contributed by atoms with Gasteiger partial charge in [-0.15, -0.1) is 0 Å². The molecule has 0 aliphatic carbocycles. The van der Waals surface area contributed by atoms with E-state index in [2.05, 4.69) is 5.32 Å². The summed E-state index contributed by atoms with van der Waals surface area (Å²) in [5.41, 5.74) is 1.22. The highest BCUT2D eigenvalue weighted by atomic mass is 19.1. The molecule has 2 rings (SSSR count). The number of nitrogens with one attached hydrogen (secondary N) is 1. The molecular weight excluding hydrogens is 296 g/mol. The molecule has 2 aromatic rings. The third-order valence-corrected chi connectivity index (χ3v) is 3.89. The van der Waals surface area contributed by atoms with Crippen molar-refractivity contribution in [2.75, 3.05) is 6.54 Å². The summed E-state index contributed by atoms with van der Waals surface area (Å²) >= 11 is 0. The molecule has 0 saturated heterocycles. The molecule has 4 heteroatoms. The van der Waals surface area contributed by atoms with E-state index in [0.717, 1.165) is 11.6 Å². The van der Waals surface area contributed by atoms with Crippen LogP contribution in [0, 0.1) is 11.6 Å². The first kappa shape index (κ1) is 17.1. The van der Waals surface area contributed by atoms with Gasteiger partial charge in [-0.25, -0.2) is 8.78 Å². The molecule has 2 nitrogen and oxygen atoms in total. The minimum atomic E-state index is -0.597. The fourth-order valence-electron chi connectivity index (χ4n) is 2.52. The molecule has 0 saturated carbocycles. The van der Waals surface area contributed by atoms with Gasteiger partial charge >= 0.3 is 0 Å². The van der Waals surface area contributed by atoms with Crippen LogP contribution in [0.15, 0.2) is 48.5 Å². The lowest BCUT2D eigenvalue weighted by molar-refractivity contribution is -0.122. The number of hydrogen-bond donors (Lipinski definition) is 1. The van der Waals surface area contributed by atoms with E-state index in [1.165, 1.54) is 12.1 Å². The number of carbonyl (C=O) groups excluding carboxylic acids is 1. The highest BCUT2D eigenvalue weighted by molar-refractivity contribution is 5.77. The monoisotopic (exact) mass is 317 g/mol. The quantitative estimate of drug-likeness (QED) is 0.857. The smallest absolute Gasteiger partial charge is 0.220 e. The van der Waals surface area contributed by atoms with Crippen molar-refractivity contribution in [1.82, 2.24) is 5.32 Å². The highest BCUT2D eigenvalue weighted by Crippen LogP contribution is 2.26. The van der Waals surface area contributed by atoms with E-state index in [1.54, 1.807) is 0 Å². The number of hydrogen-bond acceptors (Lipinski definition) is 1. The molecule has 23 heavy (non-hydrogen) atoms. The molecule has 1 amide bonds. The lowest BCUT2D eigenvalue weighted by Gasteiger charge is -2.24. The van der Waals surface area contributed by atoms with Crippen molar-refractivity contribution in [1.29, 1.82) is 0 Å². The Kier molecular flexibility index (Phi) is 5.48. The molecule has 122 valence electrons. The Morgan fingerprint density at radius 1 is 1.09 bits per heavy atom. The molecule has 0 unspecified atom stereocenters. The standard InChI is InChI=1S/C19H21F2NO/c1-19(2,15-6-4-3-5-7-15)13-18(23)22-11-10-14-8-9-16(20)12-17(14)21/h3-9,12H,10-11,13H2,1-2H3,(H,22,23). The van der Waals surface area contributed by atoms with Gasteiger partial charge in [-0.3, -0.25) is 4.79 Å². The Morgan fingerprint density at radius 3 is 2.43 bits per heavy atom. The third-order valence-electron chi connectivity index (χ3n) is 3.89. The van der Waals surface area contributed by atoms with E-state index in [4.69, 9.17) is 0 Å². The topological polar surface area (TPSA) is 29.1 Å². The molecule has 0 aromatic heterocycles. The Bertz CT molecular complexity index is 668. The number of carbonyl (C=O) groups is 1. The van der Waals surface area contributed by atoms with E-state index in [0.29, 0.717) is 24.9 Å². The molecule has 0 heterocycles. The summed E-state index contributed by atoms with van der Waals surface area (Å²) in [5.74, 6) is -1.26. The maximum absolute atomic E-state index is 13.5. The average Bonchev–Trinajstić information content (AvgIpc) is 2.50. The largest absolute Gasteiger partial charge is 0.356 e. The van der Waals surface area contributed by atoms with Gasteiger partial charge in [0.1, 0.15) is 11.6 Å². The Morgan fingerprint density at radius 2 is 1.78 bits per heavy atom. The van der Waals surface area contributed by atoms with Crippen molar-refractivity contribution in [3.05, 3.63) is 71.3 Å². The van der Waals surface area contributed by atoms with Crippen molar-refractivity contribution < 1.29 is 13.6 Å². The van der Waals surface area contributed by atoms with E-state index >= 15 is 0 Å². The second-order valence-electron chi connectivity index (χ2n) is 6.26. The molecule has 0 aliphatic heterocycles. The summed E-state index contributed by atoms with van der Waals surface area (Å²) in [6.45, 7) is 4.36. The maximum Gasteiger partial charge on any atom is 0.220 e. The fraction of sp³-hybridized carbons (Fsp3) is 0.316. The average molecular weight is 317 g/mol. The summed E-state index contributed by atoms with van der Waals surface area (Å²) in [6, 6.07) is 13.3. The summed E-state index contributed by atoms with van der Waals surface area (Å²) in [5, 5.41) is 2.80. The van der Waals surface area contributed by atoms with Crippen LogP contribution in [0.2, 0.25) is 0 Å².